The molecule has 1 amide bonds. The van der Waals surface area contributed by atoms with Crippen LogP contribution in [0.1, 0.15) is 60.0 Å². The maximum Gasteiger partial charge on any atom is 0.266 e. The number of piperidine rings is 1. The summed E-state index contributed by atoms with van der Waals surface area (Å²) in [5, 5.41) is 3.33. The van der Waals surface area contributed by atoms with Crippen molar-refractivity contribution in [3.05, 3.63) is 63.5 Å². The second kappa shape index (κ2) is 9.88. The predicted octanol–water partition coefficient (Wildman–Crippen LogP) is 4.06. The van der Waals surface area contributed by atoms with Crippen LogP contribution < -0.4 is 10.9 Å². The molecule has 0 bridgehead atoms. The van der Waals surface area contributed by atoms with Crippen molar-refractivity contribution in [1.82, 2.24) is 19.4 Å². The van der Waals surface area contributed by atoms with E-state index in [2.05, 4.69) is 15.3 Å². The summed E-state index contributed by atoms with van der Waals surface area (Å²) in [6.07, 6.45) is -1.67. The number of anilines is 1. The van der Waals surface area contributed by atoms with Gasteiger partial charge < -0.3 is 15.0 Å². The Balaban J connectivity index is 1.82. The third-order valence-electron chi connectivity index (χ3n) is 6.82. The van der Waals surface area contributed by atoms with E-state index in [0.29, 0.717) is 5.39 Å². The topological polar surface area (TPSA) is 89.3 Å². The third kappa shape index (κ3) is 4.43. The van der Waals surface area contributed by atoms with Crippen LogP contribution in [-0.2, 0) is 22.2 Å². The fraction of sp³-hybridized carbons (Fsp3) is 0.440. The van der Waals surface area contributed by atoms with Gasteiger partial charge in [-0.1, -0.05) is 18.2 Å². The number of hydrogen-bond donors (Lipinski definition) is 1. The molecule has 0 spiro atoms. The first-order valence-electron chi connectivity index (χ1n) is 12.9. The number of halogens is 3. The molecule has 11 heteroatoms. The molecule has 1 N–H and O–H groups in total. The molecule has 3 heterocycles. The van der Waals surface area contributed by atoms with Crippen LogP contribution in [0, 0.1) is 5.82 Å². The second-order valence-corrected chi connectivity index (χ2v) is 8.90. The smallest absolute Gasteiger partial charge is 0.266 e. The number of alkyl halides is 2. The largest absolute Gasteiger partial charge is 0.373 e. The van der Waals surface area contributed by atoms with Gasteiger partial charge in [0.2, 0.25) is 5.91 Å². The summed E-state index contributed by atoms with van der Waals surface area (Å²) >= 11 is 0. The number of carbonyl (C=O) groups excluding carboxylic acids is 1. The number of nitrogens with one attached hydrogen (secondary N) is 1. The molecular weight excluding hydrogens is 475 g/mol. The number of benzene rings is 1. The number of hydrogen-bond acceptors (Lipinski definition) is 6. The first kappa shape index (κ1) is 21.8. The van der Waals surface area contributed by atoms with Crippen molar-refractivity contribution in [3.8, 4) is 0 Å². The minimum absolute atomic E-state index is 0.0107. The first-order chi connectivity index (χ1) is 18.2. The summed E-state index contributed by atoms with van der Waals surface area (Å²) in [5.41, 5.74) is -2.54. The molecule has 2 aromatic heterocycles. The monoisotopic (exact) mass is 506 g/mol. The second-order valence-electron chi connectivity index (χ2n) is 8.90. The van der Waals surface area contributed by atoms with E-state index in [-0.39, 0.29) is 54.4 Å². The van der Waals surface area contributed by atoms with Gasteiger partial charge in [-0.3, -0.25) is 14.2 Å². The molecule has 1 aliphatic heterocycles. The molecule has 0 aliphatic carbocycles. The molecule has 1 saturated heterocycles. The number of nitrogens with zero attached hydrogens (tertiary/aromatic N) is 4. The van der Waals surface area contributed by atoms with Gasteiger partial charge in [0.1, 0.15) is 29.2 Å². The lowest BCUT2D eigenvalue weighted by molar-refractivity contribution is -0.135. The van der Waals surface area contributed by atoms with Gasteiger partial charge in [0.25, 0.3) is 12.0 Å². The Hall–Kier alpha value is -3.47. The molecule has 4 rings (SSSR count). The molecule has 0 unspecified atom stereocenters. The van der Waals surface area contributed by atoms with E-state index in [1.165, 1.54) is 43.1 Å². The van der Waals surface area contributed by atoms with Crippen LogP contribution in [0.2, 0.25) is 0 Å². The highest BCUT2D eigenvalue weighted by molar-refractivity contribution is 5.87. The average molecular weight is 507 g/mol. The SMILES string of the molecule is [2H]C([2H])([2H])OC1(c2cc3c(N[C@H](C)c4cccc(C(F)F)c4F)ncnc3n(C)c2=O)CCN(C(C)=O)CC1. The average Bonchev–Trinajstić information content (AvgIpc) is 2.85. The number of methoxy groups -OCH3 is 1. The normalized spacial score (nSPS) is 18.0. The Kier molecular flexibility index (Phi) is 5.98. The van der Waals surface area contributed by atoms with Crippen LogP contribution in [-0.4, -0.2) is 45.5 Å². The molecule has 0 radical (unpaired) electrons. The minimum atomic E-state index is -2.99. The van der Waals surface area contributed by atoms with Gasteiger partial charge in [-0.2, -0.15) is 0 Å². The summed E-state index contributed by atoms with van der Waals surface area (Å²) in [5.74, 6) is -1.04. The van der Waals surface area contributed by atoms with Crippen molar-refractivity contribution < 1.29 is 26.8 Å². The molecule has 1 aliphatic rings. The highest BCUT2D eigenvalue weighted by Gasteiger charge is 2.40. The number of likely N-dealkylation sites (tertiary alicyclic amines) is 1. The van der Waals surface area contributed by atoms with Gasteiger partial charge in [-0.15, -0.1) is 0 Å². The Morgan fingerprint density at radius 2 is 1.94 bits per heavy atom. The van der Waals surface area contributed by atoms with Crippen LogP contribution in [0.15, 0.2) is 35.4 Å². The predicted molar refractivity (Wildman–Crippen MR) is 128 cm³/mol. The number of ether oxygens (including phenoxy) is 1. The van der Waals surface area contributed by atoms with Gasteiger partial charge in [0, 0.05) is 39.7 Å². The lowest BCUT2D eigenvalue weighted by Crippen LogP contribution is -2.48. The summed E-state index contributed by atoms with van der Waals surface area (Å²) in [4.78, 5) is 35.4. The zero-order valence-electron chi connectivity index (χ0n) is 23.0. The molecule has 3 aromatic rings. The molecule has 1 atom stereocenters. The molecule has 0 saturated carbocycles. The molecule has 192 valence electrons. The van der Waals surface area contributed by atoms with Crippen molar-refractivity contribution in [2.75, 3.05) is 25.4 Å². The Morgan fingerprint density at radius 1 is 1.25 bits per heavy atom. The number of pyridine rings is 1. The molecule has 8 nitrogen and oxygen atoms in total. The number of rotatable bonds is 6. The number of amides is 1. The van der Waals surface area contributed by atoms with Gasteiger partial charge in [0.05, 0.1) is 26.7 Å². The van der Waals surface area contributed by atoms with Crippen LogP contribution >= 0.6 is 0 Å². The maximum absolute atomic E-state index is 14.8. The van der Waals surface area contributed by atoms with Gasteiger partial charge in [0.15, 0.2) is 0 Å². The molecule has 1 fully saturated rings. The standard InChI is InChI=1S/C25H28F3N5O3/c1-14(16-6-5-7-17(20(16)26)21(27)28)31-22-18-12-19(24(35)32(3)23(18)30-13-29-22)25(36-4)8-10-33(11-9-25)15(2)34/h5-7,12-14,21H,8-11H2,1-4H3,(H,29,30,31)/t14-/m1/s1/i4D3. The summed E-state index contributed by atoms with van der Waals surface area (Å²) in [7, 11) is -1.37. The van der Waals surface area contributed by atoms with Gasteiger partial charge >= 0.3 is 0 Å². The zero-order chi connectivity index (χ0) is 28.7. The Morgan fingerprint density at radius 3 is 2.58 bits per heavy atom. The number of aryl methyl sites for hydroxylation is 1. The van der Waals surface area contributed by atoms with Crippen molar-refractivity contribution in [2.24, 2.45) is 7.05 Å². The fourth-order valence-electron chi connectivity index (χ4n) is 4.67. The summed E-state index contributed by atoms with van der Waals surface area (Å²) < 4.78 is 71.4. The summed E-state index contributed by atoms with van der Waals surface area (Å²) in [6, 6.07) is 4.37. The Bertz CT molecular complexity index is 1460. The van der Waals surface area contributed by atoms with Gasteiger partial charge in [-0.25, -0.2) is 23.1 Å². The van der Waals surface area contributed by atoms with E-state index in [1.807, 2.05) is 0 Å². The number of fused-ring (bicyclic) bond motifs is 1. The van der Waals surface area contributed by atoms with Gasteiger partial charge in [-0.05, 0) is 25.8 Å². The third-order valence-corrected chi connectivity index (χ3v) is 6.82. The first-order valence-corrected chi connectivity index (χ1v) is 11.4. The molecule has 36 heavy (non-hydrogen) atoms. The fourth-order valence-corrected chi connectivity index (χ4v) is 4.67. The minimum Gasteiger partial charge on any atom is -0.373 e. The van der Waals surface area contributed by atoms with E-state index in [0.717, 1.165) is 6.07 Å². The lowest BCUT2D eigenvalue weighted by atomic mass is 9.84. The van der Waals surface area contributed by atoms with Crippen LogP contribution in [0.5, 0.6) is 0 Å². The van der Waals surface area contributed by atoms with E-state index in [1.54, 1.807) is 11.8 Å². The van der Waals surface area contributed by atoms with Crippen molar-refractivity contribution in [2.45, 2.75) is 44.8 Å². The number of aromatic nitrogens is 3. The van der Waals surface area contributed by atoms with Crippen molar-refractivity contribution in [3.63, 3.8) is 0 Å². The highest BCUT2D eigenvalue weighted by atomic mass is 19.3. The van der Waals surface area contributed by atoms with E-state index >= 15 is 0 Å². The highest BCUT2D eigenvalue weighted by Crippen LogP contribution is 2.37. The van der Waals surface area contributed by atoms with Crippen molar-refractivity contribution in [1.29, 1.82) is 0 Å². The Labute approximate surface area is 210 Å². The van der Waals surface area contributed by atoms with E-state index < -0.39 is 42.0 Å². The van der Waals surface area contributed by atoms with E-state index in [9.17, 15) is 22.8 Å². The maximum atomic E-state index is 14.8. The van der Waals surface area contributed by atoms with Crippen LogP contribution in [0.25, 0.3) is 11.0 Å². The van der Waals surface area contributed by atoms with E-state index in [4.69, 9.17) is 8.85 Å². The van der Waals surface area contributed by atoms with Crippen molar-refractivity contribution >= 4 is 22.8 Å². The molecule has 1 aromatic carbocycles. The molecular formula is C25H28F3N5O3. The zero-order valence-corrected chi connectivity index (χ0v) is 20.0. The lowest BCUT2D eigenvalue weighted by Gasteiger charge is -2.40. The number of carbonyl (C=O) groups is 1. The van der Waals surface area contributed by atoms with Crippen LogP contribution in [0.3, 0.4) is 0 Å². The summed E-state index contributed by atoms with van der Waals surface area (Å²) in [6.45, 7) is 3.34. The van der Waals surface area contributed by atoms with Crippen LogP contribution in [0.4, 0.5) is 19.0 Å². The quantitative estimate of drug-likeness (QED) is 0.543.